The minimum absolute atomic E-state index is 0.0597. The smallest absolute Gasteiger partial charge is 0.256 e. The number of nitrogens with zero attached hydrogens (tertiary/aromatic N) is 1. The molecule has 2 aliphatic heterocycles. The van der Waals surface area contributed by atoms with Crippen molar-refractivity contribution in [3.8, 4) is 67.1 Å². The Kier molecular flexibility index (Phi) is 8.86. The second kappa shape index (κ2) is 14.7. The van der Waals surface area contributed by atoms with Gasteiger partial charge >= 0.3 is 0 Å². The maximum atomic E-state index is 7.23. The van der Waals surface area contributed by atoms with Gasteiger partial charge in [-0.25, -0.2) is 0 Å². The fraction of sp³-hybridized carbons (Fsp3) is 0.0690. The molecule has 0 saturated carbocycles. The molecule has 0 atom stereocenters. The zero-order chi connectivity index (χ0) is 41.2. The Morgan fingerprint density at radius 3 is 1.36 bits per heavy atom. The summed E-state index contributed by atoms with van der Waals surface area (Å²) in [7, 11) is 0. The van der Waals surface area contributed by atoms with Crippen LogP contribution in [0.3, 0.4) is 0 Å². The van der Waals surface area contributed by atoms with Gasteiger partial charge in [-0.2, -0.15) is 0 Å². The van der Waals surface area contributed by atoms with Crippen molar-refractivity contribution in [2.24, 2.45) is 0 Å². The van der Waals surface area contributed by atoms with Gasteiger partial charge in [-0.05, 0) is 113 Å². The molecule has 0 saturated heterocycles. The van der Waals surface area contributed by atoms with Crippen LogP contribution in [-0.2, 0) is 0 Å². The number of ether oxygens (including phenoxy) is 1. The summed E-state index contributed by atoms with van der Waals surface area (Å²) in [6.07, 6.45) is 0. The zero-order valence-corrected chi connectivity index (χ0v) is 34.9. The van der Waals surface area contributed by atoms with Crippen molar-refractivity contribution in [1.82, 2.24) is 0 Å². The lowest BCUT2D eigenvalue weighted by molar-refractivity contribution is 0.488. The van der Waals surface area contributed by atoms with Crippen molar-refractivity contribution in [2.75, 3.05) is 4.90 Å². The normalized spacial score (nSPS) is 12.3. The van der Waals surface area contributed by atoms with Crippen LogP contribution in [0.5, 0.6) is 11.5 Å². The van der Waals surface area contributed by atoms with E-state index in [9.17, 15) is 0 Å². The molecule has 0 N–H and O–H groups in total. The first-order valence-electron chi connectivity index (χ1n) is 21.3. The molecular formula is C58H44BNO. The van der Waals surface area contributed by atoms with Gasteiger partial charge in [-0.1, -0.05) is 192 Å². The van der Waals surface area contributed by atoms with Crippen LogP contribution in [0.15, 0.2) is 194 Å². The van der Waals surface area contributed by atoms with Crippen molar-refractivity contribution in [1.29, 1.82) is 0 Å². The highest BCUT2D eigenvalue weighted by Crippen LogP contribution is 2.50. The predicted octanol–water partition coefficient (Wildman–Crippen LogP) is 13.7. The zero-order valence-electron chi connectivity index (χ0n) is 34.9. The average Bonchev–Trinajstić information content (AvgIpc) is 3.28. The highest BCUT2D eigenvalue weighted by molar-refractivity contribution is 6.99. The molecule has 0 unspecified atom stereocenters. The summed E-state index contributed by atoms with van der Waals surface area (Å²) in [5.74, 6) is 1.79. The molecule has 3 heteroatoms. The Balaban J connectivity index is 1.24. The maximum absolute atomic E-state index is 7.23. The first-order valence-corrected chi connectivity index (χ1v) is 21.3. The molecule has 2 nitrogen and oxygen atoms in total. The number of hydrogen-bond donors (Lipinski definition) is 0. The van der Waals surface area contributed by atoms with E-state index in [0.29, 0.717) is 0 Å². The lowest BCUT2D eigenvalue weighted by Crippen LogP contribution is -2.59. The van der Waals surface area contributed by atoms with Crippen LogP contribution in [0, 0.1) is 27.7 Å². The van der Waals surface area contributed by atoms with Gasteiger partial charge in [0, 0.05) is 22.5 Å². The number of benzene rings is 9. The summed E-state index contributed by atoms with van der Waals surface area (Å²) in [5.41, 5.74) is 23.7. The van der Waals surface area contributed by atoms with Crippen LogP contribution in [0.2, 0.25) is 0 Å². The van der Waals surface area contributed by atoms with E-state index in [1.165, 1.54) is 55.3 Å². The molecule has 0 fully saturated rings. The average molecular weight is 782 g/mol. The second-order valence-electron chi connectivity index (χ2n) is 16.9. The van der Waals surface area contributed by atoms with Gasteiger partial charge in [0.25, 0.3) is 6.71 Å². The molecule has 290 valence electrons. The third kappa shape index (κ3) is 6.45. The molecule has 0 spiro atoms. The summed E-state index contributed by atoms with van der Waals surface area (Å²) in [5, 5.41) is 0. The Morgan fingerprint density at radius 1 is 0.344 bits per heavy atom. The number of aryl methyl sites for hydroxylation is 4. The van der Waals surface area contributed by atoms with Crippen LogP contribution < -0.4 is 26.0 Å². The molecular weight excluding hydrogens is 737 g/mol. The van der Waals surface area contributed by atoms with Crippen LogP contribution >= 0.6 is 0 Å². The van der Waals surface area contributed by atoms with Gasteiger partial charge < -0.3 is 9.64 Å². The van der Waals surface area contributed by atoms with E-state index in [2.05, 4.69) is 227 Å². The Hall–Kier alpha value is -7.36. The highest BCUT2D eigenvalue weighted by atomic mass is 16.5. The standard InChI is InChI=1S/C58H44BNO/c1-37-27-38(2)30-46(29-37)44-23-25-51-53(33-44)60(58-49(42-17-10-6-11-18-42)21-14-22-50(58)43-19-12-7-13-20-43)54-34-48(41-15-8-5-9-16-41)36-56-57(54)59(51)52-26-24-45(35-55(52)61-56)47-31-39(3)28-40(4)32-47/h5-36H,1-4H3. The van der Waals surface area contributed by atoms with Gasteiger partial charge in [-0.15, -0.1) is 0 Å². The quantitative estimate of drug-likeness (QED) is 0.156. The Bertz CT molecular complexity index is 3060. The minimum atomic E-state index is -0.0597. The number of fused-ring (bicyclic) bond motifs is 4. The molecule has 2 aliphatic rings. The van der Waals surface area contributed by atoms with Gasteiger partial charge in [0.1, 0.15) is 11.5 Å². The summed E-state index contributed by atoms with van der Waals surface area (Å²) >= 11 is 0. The van der Waals surface area contributed by atoms with Crippen LogP contribution in [-0.4, -0.2) is 6.71 Å². The number of para-hydroxylation sites is 1. The largest absolute Gasteiger partial charge is 0.458 e. The fourth-order valence-electron chi connectivity index (χ4n) is 9.91. The molecule has 0 radical (unpaired) electrons. The molecule has 0 bridgehead atoms. The van der Waals surface area contributed by atoms with E-state index in [1.807, 2.05) is 0 Å². The van der Waals surface area contributed by atoms with Crippen molar-refractivity contribution in [3.63, 3.8) is 0 Å². The van der Waals surface area contributed by atoms with Crippen molar-refractivity contribution >= 4 is 40.2 Å². The SMILES string of the molecule is Cc1cc(C)cc(-c2ccc3c(c2)Oc2cc(-c4ccccc4)cc4c2B3c2ccc(-c3cc(C)cc(C)c3)cc2N4c2c(-c3ccccc3)cccc2-c2ccccc2)c1. The molecule has 11 rings (SSSR count). The topological polar surface area (TPSA) is 12.5 Å². The summed E-state index contributed by atoms with van der Waals surface area (Å²) in [6.45, 7) is 8.67. The van der Waals surface area contributed by atoms with Crippen LogP contribution in [0.1, 0.15) is 22.3 Å². The van der Waals surface area contributed by atoms with Gasteiger partial charge in [-0.3, -0.25) is 0 Å². The lowest BCUT2D eigenvalue weighted by Gasteiger charge is -2.42. The van der Waals surface area contributed by atoms with Crippen molar-refractivity contribution in [2.45, 2.75) is 27.7 Å². The fourth-order valence-corrected chi connectivity index (χ4v) is 9.91. The molecule has 0 aromatic heterocycles. The first-order chi connectivity index (χ1) is 29.9. The molecule has 9 aromatic rings. The van der Waals surface area contributed by atoms with Crippen molar-refractivity contribution < 1.29 is 4.74 Å². The summed E-state index contributed by atoms with van der Waals surface area (Å²) in [6, 6.07) is 71.5. The van der Waals surface area contributed by atoms with E-state index < -0.39 is 0 Å². The molecule has 0 aliphatic carbocycles. The Labute approximate surface area is 359 Å². The van der Waals surface area contributed by atoms with E-state index in [0.717, 1.165) is 67.5 Å². The van der Waals surface area contributed by atoms with Gasteiger partial charge in [0.15, 0.2) is 0 Å². The highest BCUT2D eigenvalue weighted by Gasteiger charge is 2.43. The van der Waals surface area contributed by atoms with E-state index >= 15 is 0 Å². The summed E-state index contributed by atoms with van der Waals surface area (Å²) in [4.78, 5) is 2.56. The minimum Gasteiger partial charge on any atom is -0.458 e. The second-order valence-corrected chi connectivity index (χ2v) is 16.9. The maximum Gasteiger partial charge on any atom is 0.256 e. The monoisotopic (exact) mass is 781 g/mol. The van der Waals surface area contributed by atoms with Gasteiger partial charge in [0.05, 0.1) is 5.69 Å². The third-order valence-corrected chi connectivity index (χ3v) is 12.4. The van der Waals surface area contributed by atoms with Gasteiger partial charge in [0.2, 0.25) is 0 Å². The van der Waals surface area contributed by atoms with Crippen LogP contribution in [0.25, 0.3) is 55.6 Å². The van der Waals surface area contributed by atoms with E-state index in [-0.39, 0.29) is 6.71 Å². The first kappa shape index (κ1) is 36.7. The number of rotatable bonds is 6. The lowest BCUT2D eigenvalue weighted by atomic mass is 9.34. The third-order valence-electron chi connectivity index (χ3n) is 12.4. The molecule has 0 amide bonds. The number of hydrogen-bond acceptors (Lipinski definition) is 2. The molecule has 9 aromatic carbocycles. The molecule has 61 heavy (non-hydrogen) atoms. The number of anilines is 3. The van der Waals surface area contributed by atoms with E-state index in [1.54, 1.807) is 0 Å². The molecule has 2 heterocycles. The van der Waals surface area contributed by atoms with E-state index in [4.69, 9.17) is 4.74 Å². The summed E-state index contributed by atoms with van der Waals surface area (Å²) < 4.78 is 7.23. The Morgan fingerprint density at radius 2 is 0.803 bits per heavy atom. The van der Waals surface area contributed by atoms with Crippen LogP contribution in [0.4, 0.5) is 17.1 Å². The predicted molar refractivity (Wildman–Crippen MR) is 258 cm³/mol. The van der Waals surface area contributed by atoms with Crippen molar-refractivity contribution in [3.05, 3.63) is 216 Å².